The summed E-state index contributed by atoms with van der Waals surface area (Å²) < 4.78 is 27.4. The van der Waals surface area contributed by atoms with Gasteiger partial charge in [-0.25, -0.2) is 18.1 Å². The Kier molecular flexibility index (Phi) is 5.07. The quantitative estimate of drug-likeness (QED) is 0.511. The van der Waals surface area contributed by atoms with Gasteiger partial charge in [0.05, 0.1) is 10.6 Å². The molecular weight excluding hydrogens is 376 g/mol. The van der Waals surface area contributed by atoms with Crippen LogP contribution >= 0.6 is 11.3 Å². The molecule has 3 rings (SSSR count). The number of rotatable bonds is 6. The highest BCUT2D eigenvalue weighted by molar-refractivity contribution is 7.89. The highest BCUT2D eigenvalue weighted by atomic mass is 32.2. The second kappa shape index (κ2) is 7.28. The van der Waals surface area contributed by atoms with Crippen LogP contribution in [0.2, 0.25) is 0 Å². The van der Waals surface area contributed by atoms with Crippen molar-refractivity contribution in [2.45, 2.75) is 18.4 Å². The van der Waals surface area contributed by atoms with Gasteiger partial charge in [0.15, 0.2) is 4.90 Å². The number of nitrogens with zero attached hydrogens (tertiary/aromatic N) is 3. The van der Waals surface area contributed by atoms with Crippen molar-refractivity contribution in [2.24, 2.45) is 0 Å². The number of pyridine rings is 1. The highest BCUT2D eigenvalue weighted by Crippen LogP contribution is 2.28. The number of benzene rings is 1. The fraction of sp³-hybridized carbons (Fsp3) is 0.125. The lowest BCUT2D eigenvalue weighted by molar-refractivity contribution is -0.387. The smallest absolute Gasteiger partial charge is 0.264 e. The van der Waals surface area contributed by atoms with E-state index in [0.29, 0.717) is 5.69 Å². The molecule has 1 N–H and O–H groups in total. The van der Waals surface area contributed by atoms with Crippen molar-refractivity contribution in [1.82, 2.24) is 14.7 Å². The van der Waals surface area contributed by atoms with E-state index in [0.717, 1.165) is 21.5 Å². The third kappa shape index (κ3) is 3.77. The molecule has 1 aromatic carbocycles. The Bertz CT molecular complexity index is 1050. The molecule has 0 unspecified atom stereocenters. The summed E-state index contributed by atoms with van der Waals surface area (Å²) in [4.78, 5) is 19.2. The first-order valence-electron chi connectivity index (χ1n) is 7.48. The van der Waals surface area contributed by atoms with Crippen molar-refractivity contribution < 1.29 is 13.3 Å². The molecule has 0 saturated carbocycles. The van der Waals surface area contributed by atoms with Gasteiger partial charge in [-0.3, -0.25) is 15.1 Å². The molecule has 0 aliphatic rings. The van der Waals surface area contributed by atoms with Crippen molar-refractivity contribution >= 4 is 27.0 Å². The van der Waals surface area contributed by atoms with Gasteiger partial charge in [-0.15, -0.1) is 11.3 Å². The van der Waals surface area contributed by atoms with Crippen LogP contribution in [0.15, 0.2) is 53.7 Å². The summed E-state index contributed by atoms with van der Waals surface area (Å²) in [5.74, 6) is 0. The SMILES string of the molecule is Cc1nc(-c2cccnc2)sc1CNS(=O)(=O)c1ccccc1[N+](=O)[O-]. The van der Waals surface area contributed by atoms with Crippen molar-refractivity contribution in [3.05, 3.63) is 69.5 Å². The molecule has 0 aliphatic heterocycles. The number of aromatic nitrogens is 2. The first kappa shape index (κ1) is 18.1. The zero-order valence-corrected chi connectivity index (χ0v) is 15.3. The Morgan fingerprint density at radius 2 is 2.00 bits per heavy atom. The predicted octanol–water partition coefficient (Wildman–Crippen LogP) is 2.90. The first-order chi connectivity index (χ1) is 12.4. The fourth-order valence-electron chi connectivity index (χ4n) is 2.28. The molecule has 26 heavy (non-hydrogen) atoms. The van der Waals surface area contributed by atoms with E-state index in [1.165, 1.54) is 29.5 Å². The number of nitro groups is 1. The van der Waals surface area contributed by atoms with Crippen LogP contribution in [0.5, 0.6) is 0 Å². The molecule has 0 saturated heterocycles. The van der Waals surface area contributed by atoms with Crippen LogP contribution in [0.3, 0.4) is 0 Å². The molecule has 0 radical (unpaired) electrons. The minimum atomic E-state index is -4.03. The number of hydrogen-bond donors (Lipinski definition) is 1. The third-order valence-electron chi connectivity index (χ3n) is 3.58. The van der Waals surface area contributed by atoms with E-state index in [2.05, 4.69) is 14.7 Å². The lowest BCUT2D eigenvalue weighted by Crippen LogP contribution is -2.24. The minimum Gasteiger partial charge on any atom is -0.264 e. The van der Waals surface area contributed by atoms with Crippen LogP contribution in [-0.4, -0.2) is 23.3 Å². The topological polar surface area (TPSA) is 115 Å². The maximum Gasteiger partial charge on any atom is 0.289 e. The van der Waals surface area contributed by atoms with Gasteiger partial charge in [0.2, 0.25) is 10.0 Å². The van der Waals surface area contributed by atoms with Gasteiger partial charge in [-0.2, -0.15) is 0 Å². The number of hydrogen-bond acceptors (Lipinski definition) is 7. The van der Waals surface area contributed by atoms with Crippen LogP contribution < -0.4 is 4.72 Å². The Morgan fingerprint density at radius 1 is 1.23 bits per heavy atom. The van der Waals surface area contributed by atoms with Gasteiger partial charge >= 0.3 is 0 Å². The first-order valence-corrected chi connectivity index (χ1v) is 9.78. The molecule has 134 valence electrons. The van der Waals surface area contributed by atoms with Crippen molar-refractivity contribution in [2.75, 3.05) is 0 Å². The second-order valence-electron chi connectivity index (χ2n) is 5.32. The normalized spacial score (nSPS) is 11.4. The number of aryl methyl sites for hydroxylation is 1. The van der Waals surface area contributed by atoms with Gasteiger partial charge in [0, 0.05) is 35.4 Å². The summed E-state index contributed by atoms with van der Waals surface area (Å²) in [6.45, 7) is 1.78. The summed E-state index contributed by atoms with van der Waals surface area (Å²) in [6, 6.07) is 8.90. The van der Waals surface area contributed by atoms with Crippen LogP contribution in [0.25, 0.3) is 10.6 Å². The van der Waals surface area contributed by atoms with Gasteiger partial charge < -0.3 is 0 Å². The van der Waals surface area contributed by atoms with Crippen LogP contribution in [0.4, 0.5) is 5.69 Å². The van der Waals surface area contributed by atoms with E-state index < -0.39 is 20.6 Å². The molecule has 8 nitrogen and oxygen atoms in total. The van der Waals surface area contributed by atoms with Gasteiger partial charge in [0.25, 0.3) is 5.69 Å². The largest absolute Gasteiger partial charge is 0.289 e. The molecule has 0 spiro atoms. The molecule has 0 fully saturated rings. The molecule has 2 heterocycles. The van der Waals surface area contributed by atoms with Crippen LogP contribution in [0.1, 0.15) is 10.6 Å². The molecule has 3 aromatic rings. The summed E-state index contributed by atoms with van der Waals surface area (Å²) in [5, 5.41) is 11.8. The number of nitro benzene ring substituents is 1. The van der Waals surface area contributed by atoms with E-state index >= 15 is 0 Å². The Labute approximate surface area is 153 Å². The second-order valence-corrected chi connectivity index (χ2v) is 8.14. The van der Waals surface area contributed by atoms with E-state index in [1.54, 1.807) is 25.4 Å². The van der Waals surface area contributed by atoms with Gasteiger partial charge in [-0.1, -0.05) is 12.1 Å². The molecule has 0 bridgehead atoms. The number of nitrogens with one attached hydrogen (secondary N) is 1. The van der Waals surface area contributed by atoms with Gasteiger partial charge in [0.1, 0.15) is 5.01 Å². The lowest BCUT2D eigenvalue weighted by atomic mass is 10.3. The van der Waals surface area contributed by atoms with E-state index in [1.807, 2.05) is 6.07 Å². The standard InChI is InChI=1S/C16H14N4O4S2/c1-11-14(25-16(19-11)12-5-4-8-17-9-12)10-18-26(23,24)15-7-3-2-6-13(15)20(21)22/h2-9,18H,10H2,1H3. The number of para-hydroxylation sites is 1. The lowest BCUT2D eigenvalue weighted by Gasteiger charge is -2.06. The Balaban J connectivity index is 1.83. The minimum absolute atomic E-state index is 0.00184. The third-order valence-corrected chi connectivity index (χ3v) is 6.23. The van der Waals surface area contributed by atoms with Crippen LogP contribution in [-0.2, 0) is 16.6 Å². The highest BCUT2D eigenvalue weighted by Gasteiger charge is 2.25. The molecule has 0 atom stereocenters. The average Bonchev–Trinajstić information content (AvgIpc) is 3.02. The average molecular weight is 390 g/mol. The molecule has 10 heteroatoms. The van der Waals surface area contributed by atoms with Crippen molar-refractivity contribution in [3.63, 3.8) is 0 Å². The fourth-order valence-corrected chi connectivity index (χ4v) is 4.53. The Hall–Kier alpha value is -2.69. The van der Waals surface area contributed by atoms with E-state index in [9.17, 15) is 18.5 Å². The number of thiazole rings is 1. The summed E-state index contributed by atoms with van der Waals surface area (Å²) >= 11 is 1.35. The van der Waals surface area contributed by atoms with E-state index in [4.69, 9.17) is 0 Å². The predicted molar refractivity (Wildman–Crippen MR) is 97.2 cm³/mol. The van der Waals surface area contributed by atoms with Crippen molar-refractivity contribution in [3.8, 4) is 10.6 Å². The summed E-state index contributed by atoms with van der Waals surface area (Å²) in [6.07, 6.45) is 3.34. The number of sulfonamides is 1. The van der Waals surface area contributed by atoms with E-state index in [-0.39, 0.29) is 11.4 Å². The molecular formula is C16H14N4O4S2. The molecule has 0 amide bonds. The zero-order chi connectivity index (χ0) is 18.7. The van der Waals surface area contributed by atoms with Crippen molar-refractivity contribution in [1.29, 1.82) is 0 Å². The van der Waals surface area contributed by atoms with Gasteiger partial charge in [-0.05, 0) is 25.1 Å². The van der Waals surface area contributed by atoms with Crippen LogP contribution in [0, 0.1) is 17.0 Å². The maximum absolute atomic E-state index is 12.5. The maximum atomic E-state index is 12.5. The summed E-state index contributed by atoms with van der Waals surface area (Å²) in [5.41, 5.74) is 1.07. The monoisotopic (exact) mass is 390 g/mol. The molecule has 2 aromatic heterocycles. The summed E-state index contributed by atoms with van der Waals surface area (Å²) in [7, 11) is -4.03. The molecule has 0 aliphatic carbocycles. The zero-order valence-electron chi connectivity index (χ0n) is 13.6. The Morgan fingerprint density at radius 3 is 2.69 bits per heavy atom.